The summed E-state index contributed by atoms with van der Waals surface area (Å²) < 4.78 is 0. The normalized spacial score (nSPS) is 40.2. The Balaban J connectivity index is 1.61. The Hall–Kier alpha value is -1.25. The van der Waals surface area contributed by atoms with Gasteiger partial charge in [-0.15, -0.1) is 0 Å². The molecule has 1 spiro atoms. The lowest BCUT2D eigenvalue weighted by Gasteiger charge is -2.62. The maximum atomic E-state index is 5.97. The van der Waals surface area contributed by atoms with Gasteiger partial charge in [0.25, 0.3) is 0 Å². The Morgan fingerprint density at radius 2 is 2.33 bits per heavy atom. The Morgan fingerprint density at radius 1 is 1.44 bits per heavy atom. The largest absolute Gasteiger partial charge is 0.388 e. The number of rotatable bonds is 1. The van der Waals surface area contributed by atoms with Crippen LogP contribution in [0, 0.1) is 17.3 Å². The molecule has 3 saturated carbocycles. The van der Waals surface area contributed by atoms with Crippen molar-refractivity contribution in [1.29, 1.82) is 0 Å². The van der Waals surface area contributed by atoms with Gasteiger partial charge in [0, 0.05) is 18.5 Å². The van der Waals surface area contributed by atoms with Crippen molar-refractivity contribution in [2.24, 2.45) is 22.4 Å². The molecule has 3 atom stereocenters. The van der Waals surface area contributed by atoms with Gasteiger partial charge >= 0.3 is 0 Å². The van der Waals surface area contributed by atoms with Gasteiger partial charge in [-0.3, -0.25) is 0 Å². The second-order valence-electron chi connectivity index (χ2n) is 6.80. The standard InChI is InChI=1S/C15H20N2O/c1-14(2)10-5-6-15(13(14)8-10)9-12(17-18-15)11-4-3-7-16-11/h3-4,7,10,13,16H,5-6,8-9H2,1-2H3/t10-,13+,15?/m0/s1. The third kappa shape index (κ3) is 1.17. The molecule has 3 nitrogen and oxygen atoms in total. The maximum absolute atomic E-state index is 5.97. The van der Waals surface area contributed by atoms with E-state index >= 15 is 0 Å². The van der Waals surface area contributed by atoms with Gasteiger partial charge in [0.05, 0.1) is 5.69 Å². The third-order valence-corrected chi connectivity index (χ3v) is 5.73. The molecule has 96 valence electrons. The van der Waals surface area contributed by atoms with E-state index in [2.05, 4.69) is 30.1 Å². The van der Waals surface area contributed by atoms with Crippen LogP contribution in [0.5, 0.6) is 0 Å². The summed E-state index contributed by atoms with van der Waals surface area (Å²) in [6.07, 6.45) is 6.75. The van der Waals surface area contributed by atoms with Crippen molar-refractivity contribution in [3.05, 3.63) is 24.0 Å². The van der Waals surface area contributed by atoms with Gasteiger partial charge in [-0.1, -0.05) is 19.0 Å². The molecule has 18 heavy (non-hydrogen) atoms. The molecule has 3 heteroatoms. The van der Waals surface area contributed by atoms with E-state index in [1.807, 2.05) is 12.3 Å². The number of hydrogen-bond donors (Lipinski definition) is 1. The summed E-state index contributed by atoms with van der Waals surface area (Å²) in [5.41, 5.74) is 2.66. The van der Waals surface area contributed by atoms with Crippen LogP contribution in [-0.4, -0.2) is 16.3 Å². The minimum Gasteiger partial charge on any atom is -0.388 e. The number of H-pyrrole nitrogens is 1. The summed E-state index contributed by atoms with van der Waals surface area (Å²) in [6, 6.07) is 4.10. The predicted octanol–water partition coefficient (Wildman–Crippen LogP) is 3.33. The molecular weight excluding hydrogens is 224 g/mol. The zero-order chi connectivity index (χ0) is 12.4. The molecule has 3 fully saturated rings. The fraction of sp³-hybridized carbons (Fsp3) is 0.667. The van der Waals surface area contributed by atoms with Crippen LogP contribution in [0.2, 0.25) is 0 Å². The van der Waals surface area contributed by atoms with E-state index in [9.17, 15) is 0 Å². The van der Waals surface area contributed by atoms with Crippen molar-refractivity contribution in [3.63, 3.8) is 0 Å². The molecule has 4 aliphatic rings. The predicted molar refractivity (Wildman–Crippen MR) is 70.4 cm³/mol. The quantitative estimate of drug-likeness (QED) is 0.808. The number of nitrogens with zero attached hydrogens (tertiary/aromatic N) is 1. The van der Waals surface area contributed by atoms with E-state index in [1.54, 1.807) is 0 Å². The van der Waals surface area contributed by atoms with Crippen LogP contribution >= 0.6 is 0 Å². The monoisotopic (exact) mass is 244 g/mol. The highest BCUT2D eigenvalue weighted by Gasteiger charge is 2.64. The zero-order valence-corrected chi connectivity index (χ0v) is 11.1. The first kappa shape index (κ1) is 10.7. The molecular formula is C15H20N2O. The van der Waals surface area contributed by atoms with E-state index in [0.29, 0.717) is 11.3 Å². The number of oxime groups is 1. The summed E-state index contributed by atoms with van der Waals surface area (Å²) in [5.74, 6) is 1.59. The highest BCUT2D eigenvalue weighted by molar-refractivity contribution is 6.00. The van der Waals surface area contributed by atoms with Crippen molar-refractivity contribution in [2.75, 3.05) is 0 Å². The first-order valence-corrected chi connectivity index (χ1v) is 7.01. The summed E-state index contributed by atoms with van der Waals surface area (Å²) in [5, 5.41) is 4.38. The molecule has 1 N–H and O–H groups in total. The molecule has 1 aromatic rings. The SMILES string of the molecule is CC1(C)[C@H]2CCC3(CC(c4ccc[nH]4)=NO3)[C@@H]1C2. The first-order valence-electron chi connectivity index (χ1n) is 7.01. The maximum Gasteiger partial charge on any atom is 0.146 e. The van der Waals surface area contributed by atoms with Crippen LogP contribution in [0.4, 0.5) is 0 Å². The van der Waals surface area contributed by atoms with Crippen LogP contribution in [0.1, 0.15) is 45.2 Å². The van der Waals surface area contributed by atoms with E-state index in [4.69, 9.17) is 4.84 Å². The van der Waals surface area contributed by atoms with Crippen molar-refractivity contribution >= 4 is 5.71 Å². The van der Waals surface area contributed by atoms with Gasteiger partial charge in [0.1, 0.15) is 11.3 Å². The van der Waals surface area contributed by atoms with Crippen LogP contribution in [0.15, 0.2) is 23.5 Å². The van der Waals surface area contributed by atoms with Crippen LogP contribution in [0.25, 0.3) is 0 Å². The van der Waals surface area contributed by atoms with Crippen molar-refractivity contribution in [1.82, 2.24) is 4.98 Å². The summed E-state index contributed by atoms with van der Waals surface area (Å²) in [7, 11) is 0. The van der Waals surface area contributed by atoms with E-state index < -0.39 is 0 Å². The lowest BCUT2D eigenvalue weighted by molar-refractivity contribution is -0.214. The van der Waals surface area contributed by atoms with Crippen LogP contribution in [-0.2, 0) is 4.84 Å². The third-order valence-electron chi connectivity index (χ3n) is 5.73. The van der Waals surface area contributed by atoms with Gasteiger partial charge in [0.15, 0.2) is 0 Å². The Bertz CT molecular complexity index is 501. The number of hydrogen-bond acceptors (Lipinski definition) is 2. The van der Waals surface area contributed by atoms with Crippen LogP contribution < -0.4 is 0 Å². The molecule has 3 aliphatic carbocycles. The van der Waals surface area contributed by atoms with Gasteiger partial charge in [-0.05, 0) is 42.7 Å². The van der Waals surface area contributed by atoms with E-state index in [0.717, 1.165) is 23.7 Å². The second-order valence-corrected chi connectivity index (χ2v) is 6.80. The second kappa shape index (κ2) is 3.19. The summed E-state index contributed by atoms with van der Waals surface area (Å²) in [6.45, 7) is 4.81. The molecule has 1 aliphatic heterocycles. The molecule has 1 unspecified atom stereocenters. The lowest BCUT2D eigenvalue weighted by Crippen LogP contribution is -2.61. The zero-order valence-electron chi connectivity index (χ0n) is 11.1. The Morgan fingerprint density at radius 3 is 3.00 bits per heavy atom. The fourth-order valence-corrected chi connectivity index (χ4v) is 4.46. The van der Waals surface area contributed by atoms with Crippen LogP contribution in [0.3, 0.4) is 0 Å². The smallest absolute Gasteiger partial charge is 0.146 e. The molecule has 1 aromatic heterocycles. The van der Waals surface area contributed by atoms with E-state index in [-0.39, 0.29) is 5.60 Å². The first-order chi connectivity index (χ1) is 8.62. The molecule has 0 amide bonds. The number of aromatic amines is 1. The van der Waals surface area contributed by atoms with Crippen molar-refractivity contribution in [2.45, 2.75) is 45.1 Å². The highest BCUT2D eigenvalue weighted by atomic mass is 16.7. The number of nitrogens with one attached hydrogen (secondary N) is 1. The Labute approximate surface area is 108 Å². The number of aromatic nitrogens is 1. The molecule has 0 radical (unpaired) electrons. The average Bonchev–Trinajstić information content (AvgIpc) is 2.98. The average molecular weight is 244 g/mol. The van der Waals surface area contributed by atoms with Gasteiger partial charge < -0.3 is 9.82 Å². The number of fused-ring (bicyclic) bond motifs is 1. The lowest BCUT2D eigenvalue weighted by atomic mass is 9.43. The van der Waals surface area contributed by atoms with Crippen molar-refractivity contribution in [3.8, 4) is 0 Å². The summed E-state index contributed by atoms with van der Waals surface area (Å²) in [4.78, 5) is 9.21. The molecule has 2 heterocycles. The molecule has 5 rings (SSSR count). The fourth-order valence-electron chi connectivity index (χ4n) is 4.46. The minimum absolute atomic E-state index is 0.00130. The van der Waals surface area contributed by atoms with Gasteiger partial charge in [-0.25, -0.2) is 0 Å². The minimum atomic E-state index is -0.00130. The molecule has 0 aromatic carbocycles. The highest BCUT2D eigenvalue weighted by Crippen LogP contribution is 2.65. The van der Waals surface area contributed by atoms with Gasteiger partial charge in [0.2, 0.25) is 0 Å². The van der Waals surface area contributed by atoms with Gasteiger partial charge in [-0.2, -0.15) is 0 Å². The molecule has 2 bridgehead atoms. The van der Waals surface area contributed by atoms with Crippen molar-refractivity contribution < 1.29 is 4.84 Å². The Kier molecular flexibility index (Phi) is 1.89. The van der Waals surface area contributed by atoms with E-state index in [1.165, 1.54) is 19.3 Å². The molecule has 0 saturated heterocycles. The summed E-state index contributed by atoms with van der Waals surface area (Å²) >= 11 is 0. The topological polar surface area (TPSA) is 37.4 Å².